The number of aliphatic hydroxyl groups is 1. The molecule has 0 bridgehead atoms. The Labute approximate surface area is 77.4 Å². The van der Waals surface area contributed by atoms with Crippen LogP contribution in [-0.4, -0.2) is 40.9 Å². The Morgan fingerprint density at radius 1 is 1.77 bits per heavy atom. The van der Waals surface area contributed by atoms with Crippen LogP contribution in [0.2, 0.25) is 0 Å². The first-order valence-electron chi connectivity index (χ1n) is 4.32. The summed E-state index contributed by atoms with van der Waals surface area (Å²) in [5.41, 5.74) is 4.65. The molecule has 0 spiro atoms. The Bertz CT molecular complexity index is 200. The highest BCUT2D eigenvalue weighted by Crippen LogP contribution is 2.12. The van der Waals surface area contributed by atoms with Gasteiger partial charge in [0.15, 0.2) is 0 Å². The first-order chi connectivity index (χ1) is 5.90. The Kier molecular flexibility index (Phi) is 2.90. The lowest BCUT2D eigenvalue weighted by Crippen LogP contribution is -2.36. The van der Waals surface area contributed by atoms with Crippen molar-refractivity contribution >= 4 is 5.91 Å². The summed E-state index contributed by atoms with van der Waals surface area (Å²) in [6.45, 7) is 4.00. The molecule has 1 aliphatic rings. The van der Waals surface area contributed by atoms with Gasteiger partial charge in [0.05, 0.1) is 18.8 Å². The predicted octanol–water partition coefficient (Wildman–Crippen LogP) is -0.751. The third-order valence-corrected chi connectivity index (χ3v) is 1.90. The van der Waals surface area contributed by atoms with E-state index in [-0.39, 0.29) is 12.5 Å². The van der Waals surface area contributed by atoms with Crippen LogP contribution in [0.5, 0.6) is 0 Å². The molecule has 0 aromatic rings. The van der Waals surface area contributed by atoms with E-state index >= 15 is 0 Å². The first kappa shape index (κ1) is 10.4. The van der Waals surface area contributed by atoms with Gasteiger partial charge in [-0.2, -0.15) is 0 Å². The molecule has 1 heterocycles. The van der Waals surface area contributed by atoms with Crippen LogP contribution in [0.3, 0.4) is 0 Å². The molecule has 0 radical (unpaired) electrons. The Morgan fingerprint density at radius 3 is 2.77 bits per heavy atom. The fraction of sp³-hybridized carbons (Fsp3) is 0.875. The van der Waals surface area contributed by atoms with Gasteiger partial charge in [-0.15, -0.1) is 0 Å². The van der Waals surface area contributed by atoms with E-state index in [4.69, 9.17) is 10.6 Å². The number of amides is 1. The molecule has 0 aromatic carbocycles. The van der Waals surface area contributed by atoms with Crippen molar-refractivity contribution in [3.8, 4) is 0 Å². The van der Waals surface area contributed by atoms with Crippen LogP contribution in [0.25, 0.3) is 0 Å². The van der Waals surface area contributed by atoms with Crippen molar-refractivity contribution in [1.29, 1.82) is 0 Å². The maximum absolute atomic E-state index is 11.2. The molecule has 0 saturated carbocycles. The number of hydroxylamine groups is 2. The monoisotopic (exact) mass is 188 g/mol. The van der Waals surface area contributed by atoms with E-state index in [1.165, 1.54) is 5.06 Å². The summed E-state index contributed by atoms with van der Waals surface area (Å²) in [6.07, 6.45) is 0.478. The lowest BCUT2D eigenvalue weighted by molar-refractivity contribution is -0.164. The van der Waals surface area contributed by atoms with Crippen LogP contribution in [-0.2, 0) is 9.63 Å². The van der Waals surface area contributed by atoms with Gasteiger partial charge in [-0.3, -0.25) is 9.63 Å². The summed E-state index contributed by atoms with van der Waals surface area (Å²) >= 11 is 0. The van der Waals surface area contributed by atoms with Gasteiger partial charge in [-0.1, -0.05) is 0 Å². The van der Waals surface area contributed by atoms with Crippen molar-refractivity contribution < 1.29 is 14.7 Å². The van der Waals surface area contributed by atoms with Gasteiger partial charge in [0.2, 0.25) is 0 Å². The number of carbonyl (C=O) groups is 1. The molecular formula is C8H16N2O3. The largest absolute Gasteiger partial charge is 0.390 e. The van der Waals surface area contributed by atoms with Crippen molar-refractivity contribution in [3.05, 3.63) is 0 Å². The van der Waals surface area contributed by atoms with E-state index in [0.717, 1.165) is 0 Å². The molecule has 5 nitrogen and oxygen atoms in total. The van der Waals surface area contributed by atoms with Crippen molar-refractivity contribution in [2.24, 2.45) is 5.73 Å². The fourth-order valence-corrected chi connectivity index (χ4v) is 1.04. The van der Waals surface area contributed by atoms with Crippen molar-refractivity contribution in [1.82, 2.24) is 5.06 Å². The van der Waals surface area contributed by atoms with Crippen molar-refractivity contribution in [3.63, 3.8) is 0 Å². The lowest BCUT2D eigenvalue weighted by atomic mass is 10.1. The summed E-state index contributed by atoms with van der Waals surface area (Å²) in [7, 11) is 0. The van der Waals surface area contributed by atoms with Gasteiger partial charge in [0.1, 0.15) is 6.04 Å². The summed E-state index contributed by atoms with van der Waals surface area (Å²) in [5, 5.41) is 10.6. The standard InChI is InChI=1S/C8H16N2O3/c1-8(2,12)3-4-10-7(11)6(9)5-13-10/h6,12H,3-5,9H2,1-2H3. The SMILES string of the molecule is CC(C)(O)CCN1OCC(N)C1=O. The Hall–Kier alpha value is -0.650. The number of carbonyl (C=O) groups excluding carboxylic acids is 1. The number of hydrogen-bond donors (Lipinski definition) is 2. The van der Waals surface area contributed by atoms with E-state index in [2.05, 4.69) is 0 Å². The minimum absolute atomic E-state index is 0.204. The molecule has 3 N–H and O–H groups in total. The minimum Gasteiger partial charge on any atom is -0.390 e. The fourth-order valence-electron chi connectivity index (χ4n) is 1.04. The molecule has 1 amide bonds. The zero-order chi connectivity index (χ0) is 10.1. The highest BCUT2D eigenvalue weighted by atomic mass is 16.7. The topological polar surface area (TPSA) is 75.8 Å². The average molecular weight is 188 g/mol. The van der Waals surface area contributed by atoms with E-state index in [0.29, 0.717) is 13.0 Å². The molecule has 13 heavy (non-hydrogen) atoms. The van der Waals surface area contributed by atoms with Gasteiger partial charge in [0.25, 0.3) is 5.91 Å². The molecule has 76 valence electrons. The van der Waals surface area contributed by atoms with Crippen molar-refractivity contribution in [2.75, 3.05) is 13.2 Å². The zero-order valence-corrected chi connectivity index (χ0v) is 7.99. The van der Waals surface area contributed by atoms with Gasteiger partial charge in [-0.05, 0) is 20.3 Å². The number of hydrogen-bond acceptors (Lipinski definition) is 4. The van der Waals surface area contributed by atoms with E-state index in [9.17, 15) is 9.90 Å². The maximum Gasteiger partial charge on any atom is 0.265 e. The molecule has 0 aliphatic carbocycles. The van der Waals surface area contributed by atoms with Crippen LogP contribution >= 0.6 is 0 Å². The maximum atomic E-state index is 11.2. The zero-order valence-electron chi connectivity index (χ0n) is 7.99. The highest BCUT2D eigenvalue weighted by molar-refractivity contribution is 5.82. The molecule has 1 aliphatic heterocycles. The minimum atomic E-state index is -0.781. The second kappa shape index (κ2) is 3.61. The molecule has 1 fully saturated rings. The quantitative estimate of drug-likeness (QED) is 0.611. The molecular weight excluding hydrogens is 172 g/mol. The van der Waals surface area contributed by atoms with Gasteiger partial charge < -0.3 is 10.8 Å². The van der Waals surface area contributed by atoms with E-state index in [1.807, 2.05) is 0 Å². The van der Waals surface area contributed by atoms with Crippen LogP contribution in [0.1, 0.15) is 20.3 Å². The summed E-state index contributed by atoms with van der Waals surface area (Å²) in [6, 6.07) is -0.540. The summed E-state index contributed by atoms with van der Waals surface area (Å²) in [4.78, 5) is 16.2. The summed E-state index contributed by atoms with van der Waals surface area (Å²) < 4.78 is 0. The van der Waals surface area contributed by atoms with Crippen molar-refractivity contribution in [2.45, 2.75) is 31.9 Å². The lowest BCUT2D eigenvalue weighted by Gasteiger charge is -2.20. The smallest absolute Gasteiger partial charge is 0.265 e. The Balaban J connectivity index is 2.35. The number of nitrogens with two attached hydrogens (primary N) is 1. The van der Waals surface area contributed by atoms with Gasteiger partial charge >= 0.3 is 0 Å². The van der Waals surface area contributed by atoms with Gasteiger partial charge in [0, 0.05) is 0 Å². The van der Waals surface area contributed by atoms with E-state index < -0.39 is 11.6 Å². The van der Waals surface area contributed by atoms with Crippen LogP contribution in [0.4, 0.5) is 0 Å². The Morgan fingerprint density at radius 2 is 2.38 bits per heavy atom. The first-order valence-corrected chi connectivity index (χ1v) is 4.32. The molecule has 1 atom stereocenters. The number of nitrogens with zero attached hydrogens (tertiary/aromatic N) is 1. The van der Waals surface area contributed by atoms with Gasteiger partial charge in [-0.25, -0.2) is 5.06 Å². The second-order valence-electron chi connectivity index (χ2n) is 3.91. The predicted molar refractivity (Wildman–Crippen MR) is 46.6 cm³/mol. The molecule has 0 aromatic heterocycles. The second-order valence-corrected chi connectivity index (χ2v) is 3.91. The molecule has 1 rings (SSSR count). The third kappa shape index (κ3) is 2.95. The number of rotatable bonds is 3. The normalized spacial score (nSPS) is 24.2. The average Bonchev–Trinajstić information content (AvgIpc) is 2.29. The molecule has 1 saturated heterocycles. The third-order valence-electron chi connectivity index (χ3n) is 1.90. The van der Waals surface area contributed by atoms with Crippen LogP contribution in [0, 0.1) is 0 Å². The van der Waals surface area contributed by atoms with E-state index in [1.54, 1.807) is 13.8 Å². The molecule has 5 heteroatoms. The summed E-state index contributed by atoms with van der Waals surface area (Å²) in [5.74, 6) is -0.204. The molecule has 1 unspecified atom stereocenters. The van der Waals surface area contributed by atoms with Crippen LogP contribution in [0.15, 0.2) is 0 Å². The van der Waals surface area contributed by atoms with Crippen LogP contribution < -0.4 is 5.73 Å². The highest BCUT2D eigenvalue weighted by Gasteiger charge is 2.30.